The summed E-state index contributed by atoms with van der Waals surface area (Å²) in [7, 11) is 0. The van der Waals surface area contributed by atoms with Gasteiger partial charge in [0.1, 0.15) is 0 Å². The van der Waals surface area contributed by atoms with Crippen molar-refractivity contribution in [2.75, 3.05) is 13.1 Å². The minimum Gasteiger partial charge on any atom is -0.297 e. The molecule has 0 aliphatic carbocycles. The van der Waals surface area contributed by atoms with Gasteiger partial charge in [-0.1, -0.05) is 0 Å². The zero-order chi connectivity index (χ0) is 8.39. The SMILES string of the molecule is CC(c1ccsc1)N1CCCC1. The predicted octanol–water partition coefficient (Wildman–Crippen LogP) is 2.90. The summed E-state index contributed by atoms with van der Waals surface area (Å²) in [5, 5.41) is 4.44. The van der Waals surface area contributed by atoms with Crippen LogP contribution >= 0.6 is 11.3 Å². The molecule has 1 atom stereocenters. The monoisotopic (exact) mass is 181 g/mol. The van der Waals surface area contributed by atoms with Gasteiger partial charge in [0, 0.05) is 6.04 Å². The van der Waals surface area contributed by atoms with Crippen LogP contribution in [0.25, 0.3) is 0 Å². The van der Waals surface area contributed by atoms with Gasteiger partial charge in [-0.25, -0.2) is 0 Å². The third kappa shape index (κ3) is 1.54. The van der Waals surface area contributed by atoms with Crippen molar-refractivity contribution in [1.29, 1.82) is 0 Å². The molecule has 1 nitrogen and oxygen atoms in total. The van der Waals surface area contributed by atoms with Crippen LogP contribution in [0, 0.1) is 0 Å². The standard InChI is InChI=1S/C10H15NS/c1-9(10-4-7-12-8-10)11-5-2-3-6-11/h4,7-9H,2-3,5-6H2,1H3. The van der Waals surface area contributed by atoms with E-state index in [1.807, 2.05) is 0 Å². The lowest BCUT2D eigenvalue weighted by molar-refractivity contribution is 0.264. The molecule has 2 heterocycles. The van der Waals surface area contributed by atoms with Crippen molar-refractivity contribution in [3.8, 4) is 0 Å². The molecule has 1 aromatic rings. The van der Waals surface area contributed by atoms with Gasteiger partial charge < -0.3 is 0 Å². The van der Waals surface area contributed by atoms with E-state index in [1.165, 1.54) is 31.5 Å². The molecule has 0 radical (unpaired) electrons. The smallest absolute Gasteiger partial charge is 0.0328 e. The van der Waals surface area contributed by atoms with Crippen LogP contribution < -0.4 is 0 Å². The summed E-state index contributed by atoms with van der Waals surface area (Å²) < 4.78 is 0. The topological polar surface area (TPSA) is 3.24 Å². The molecule has 0 bridgehead atoms. The van der Waals surface area contributed by atoms with E-state index >= 15 is 0 Å². The van der Waals surface area contributed by atoms with Crippen molar-refractivity contribution in [1.82, 2.24) is 4.90 Å². The minimum atomic E-state index is 0.638. The molecule has 0 aromatic carbocycles. The third-order valence-electron chi connectivity index (χ3n) is 2.71. The average molecular weight is 181 g/mol. The Morgan fingerprint density at radius 2 is 2.17 bits per heavy atom. The number of hydrogen-bond acceptors (Lipinski definition) is 2. The Hall–Kier alpha value is -0.340. The van der Waals surface area contributed by atoms with Crippen LogP contribution in [0.4, 0.5) is 0 Å². The molecule has 1 aliphatic heterocycles. The van der Waals surface area contributed by atoms with Gasteiger partial charge in [0.15, 0.2) is 0 Å². The highest BCUT2D eigenvalue weighted by Crippen LogP contribution is 2.25. The maximum Gasteiger partial charge on any atom is 0.0328 e. The molecular weight excluding hydrogens is 166 g/mol. The Labute approximate surface area is 78.0 Å². The number of rotatable bonds is 2. The van der Waals surface area contributed by atoms with Gasteiger partial charge in [-0.2, -0.15) is 11.3 Å². The van der Waals surface area contributed by atoms with Crippen LogP contribution in [-0.2, 0) is 0 Å². The summed E-state index contributed by atoms with van der Waals surface area (Å²) in [6, 6.07) is 2.88. The molecule has 2 heteroatoms. The van der Waals surface area contributed by atoms with Crippen LogP contribution in [0.2, 0.25) is 0 Å². The second-order valence-electron chi connectivity index (χ2n) is 3.48. The van der Waals surface area contributed by atoms with E-state index in [-0.39, 0.29) is 0 Å². The van der Waals surface area contributed by atoms with E-state index in [2.05, 4.69) is 28.7 Å². The largest absolute Gasteiger partial charge is 0.297 e. The molecule has 1 saturated heterocycles. The molecule has 1 fully saturated rings. The van der Waals surface area contributed by atoms with Crippen molar-refractivity contribution in [3.05, 3.63) is 22.4 Å². The van der Waals surface area contributed by atoms with E-state index in [1.54, 1.807) is 11.3 Å². The summed E-state index contributed by atoms with van der Waals surface area (Å²) in [5.41, 5.74) is 1.49. The van der Waals surface area contributed by atoms with Crippen molar-refractivity contribution in [2.24, 2.45) is 0 Å². The van der Waals surface area contributed by atoms with Crippen molar-refractivity contribution in [3.63, 3.8) is 0 Å². The Kier molecular flexibility index (Phi) is 2.47. The van der Waals surface area contributed by atoms with E-state index in [4.69, 9.17) is 0 Å². The highest BCUT2D eigenvalue weighted by atomic mass is 32.1. The van der Waals surface area contributed by atoms with Gasteiger partial charge in [-0.3, -0.25) is 4.90 Å². The summed E-state index contributed by atoms with van der Waals surface area (Å²) in [6.07, 6.45) is 2.77. The lowest BCUT2D eigenvalue weighted by atomic mass is 10.1. The predicted molar refractivity (Wildman–Crippen MR) is 53.5 cm³/mol. The molecular formula is C10H15NS. The highest BCUT2D eigenvalue weighted by molar-refractivity contribution is 7.07. The first-order valence-electron chi connectivity index (χ1n) is 4.64. The normalized spacial score (nSPS) is 21.4. The van der Waals surface area contributed by atoms with Crippen molar-refractivity contribution >= 4 is 11.3 Å². The number of hydrogen-bond donors (Lipinski definition) is 0. The van der Waals surface area contributed by atoms with Crippen molar-refractivity contribution in [2.45, 2.75) is 25.8 Å². The Balaban J connectivity index is 2.04. The first kappa shape index (κ1) is 8.27. The van der Waals surface area contributed by atoms with E-state index in [9.17, 15) is 0 Å². The van der Waals surface area contributed by atoms with E-state index in [0.29, 0.717) is 6.04 Å². The number of thiophene rings is 1. The molecule has 0 N–H and O–H groups in total. The zero-order valence-corrected chi connectivity index (χ0v) is 8.31. The molecule has 1 aromatic heterocycles. The van der Waals surface area contributed by atoms with Crippen LogP contribution in [0.3, 0.4) is 0 Å². The molecule has 12 heavy (non-hydrogen) atoms. The zero-order valence-electron chi connectivity index (χ0n) is 7.49. The van der Waals surface area contributed by atoms with Gasteiger partial charge in [0.25, 0.3) is 0 Å². The second-order valence-corrected chi connectivity index (χ2v) is 4.26. The molecule has 2 rings (SSSR count). The molecule has 1 aliphatic rings. The van der Waals surface area contributed by atoms with Crippen LogP contribution in [0.5, 0.6) is 0 Å². The summed E-state index contributed by atoms with van der Waals surface area (Å²) in [5.74, 6) is 0. The summed E-state index contributed by atoms with van der Waals surface area (Å²) in [6.45, 7) is 4.89. The average Bonchev–Trinajstić information content (AvgIpc) is 2.77. The molecule has 1 unspecified atom stereocenters. The van der Waals surface area contributed by atoms with E-state index < -0.39 is 0 Å². The van der Waals surface area contributed by atoms with Gasteiger partial charge in [-0.05, 0) is 55.2 Å². The van der Waals surface area contributed by atoms with Gasteiger partial charge in [0.05, 0.1) is 0 Å². The molecule has 0 spiro atoms. The lowest BCUT2D eigenvalue weighted by Gasteiger charge is -2.22. The quantitative estimate of drug-likeness (QED) is 0.678. The Bertz CT molecular complexity index is 224. The second kappa shape index (κ2) is 3.58. The molecule has 66 valence electrons. The first-order valence-corrected chi connectivity index (χ1v) is 5.58. The van der Waals surface area contributed by atoms with Gasteiger partial charge >= 0.3 is 0 Å². The summed E-state index contributed by atoms with van der Waals surface area (Å²) >= 11 is 1.80. The maximum absolute atomic E-state index is 2.57. The Morgan fingerprint density at radius 3 is 2.75 bits per heavy atom. The minimum absolute atomic E-state index is 0.638. The van der Waals surface area contributed by atoms with Crippen LogP contribution in [0.15, 0.2) is 16.8 Å². The third-order valence-corrected chi connectivity index (χ3v) is 3.42. The molecule has 0 saturated carbocycles. The fourth-order valence-electron chi connectivity index (χ4n) is 1.85. The molecule has 0 amide bonds. The van der Waals surface area contributed by atoms with E-state index in [0.717, 1.165) is 0 Å². The van der Waals surface area contributed by atoms with Gasteiger partial charge in [-0.15, -0.1) is 0 Å². The number of nitrogens with zero attached hydrogens (tertiary/aromatic N) is 1. The Morgan fingerprint density at radius 1 is 1.42 bits per heavy atom. The fourth-order valence-corrected chi connectivity index (χ4v) is 2.60. The lowest BCUT2D eigenvalue weighted by Crippen LogP contribution is -2.22. The highest BCUT2D eigenvalue weighted by Gasteiger charge is 2.18. The van der Waals surface area contributed by atoms with Crippen LogP contribution in [0.1, 0.15) is 31.4 Å². The number of likely N-dealkylation sites (tertiary alicyclic amines) is 1. The van der Waals surface area contributed by atoms with Crippen LogP contribution in [-0.4, -0.2) is 18.0 Å². The van der Waals surface area contributed by atoms with Crippen molar-refractivity contribution < 1.29 is 0 Å². The first-order chi connectivity index (χ1) is 5.88. The van der Waals surface area contributed by atoms with Gasteiger partial charge in [0.2, 0.25) is 0 Å². The summed E-state index contributed by atoms with van der Waals surface area (Å²) in [4.78, 5) is 2.57. The maximum atomic E-state index is 2.57. The fraction of sp³-hybridized carbons (Fsp3) is 0.600.